The third kappa shape index (κ3) is 5.34. The van der Waals surface area contributed by atoms with E-state index in [1.54, 1.807) is 0 Å². The van der Waals surface area contributed by atoms with Gasteiger partial charge >= 0.3 is 0 Å². The smallest absolute Gasteiger partial charge is 0.0471 e. The first-order valence-electron chi connectivity index (χ1n) is 7.67. The van der Waals surface area contributed by atoms with Crippen LogP contribution in [-0.2, 0) is 6.54 Å². The molecule has 2 nitrogen and oxygen atoms in total. The molecular weight excluding hydrogens is 268 g/mol. The fourth-order valence-corrected chi connectivity index (χ4v) is 2.64. The van der Waals surface area contributed by atoms with E-state index in [4.69, 9.17) is 11.6 Å². The van der Waals surface area contributed by atoms with Crippen LogP contribution in [0.4, 0.5) is 5.69 Å². The second-order valence-electron chi connectivity index (χ2n) is 6.04. The van der Waals surface area contributed by atoms with E-state index >= 15 is 0 Å². The minimum absolute atomic E-state index is 0.523. The van der Waals surface area contributed by atoms with Gasteiger partial charge in [0.25, 0.3) is 0 Å². The van der Waals surface area contributed by atoms with Crippen LogP contribution in [0.15, 0.2) is 18.2 Å². The van der Waals surface area contributed by atoms with E-state index in [1.165, 1.54) is 17.7 Å². The van der Waals surface area contributed by atoms with Gasteiger partial charge in [-0.25, -0.2) is 0 Å². The molecule has 0 amide bonds. The van der Waals surface area contributed by atoms with Crippen LogP contribution in [0.2, 0.25) is 5.02 Å². The van der Waals surface area contributed by atoms with Crippen molar-refractivity contribution in [1.29, 1.82) is 0 Å². The Bertz CT molecular complexity index is 404. The molecule has 1 N–H and O–H groups in total. The highest BCUT2D eigenvalue weighted by atomic mass is 35.5. The zero-order valence-corrected chi connectivity index (χ0v) is 14.3. The van der Waals surface area contributed by atoms with E-state index in [1.807, 2.05) is 0 Å². The van der Waals surface area contributed by atoms with Crippen molar-refractivity contribution in [2.24, 2.45) is 5.92 Å². The summed E-state index contributed by atoms with van der Waals surface area (Å²) in [4.78, 5) is 2.31. The van der Waals surface area contributed by atoms with Gasteiger partial charge in [-0.05, 0) is 49.9 Å². The molecule has 1 atom stereocenters. The Kier molecular flexibility index (Phi) is 7.39. The van der Waals surface area contributed by atoms with Gasteiger partial charge in [0.2, 0.25) is 0 Å². The lowest BCUT2D eigenvalue weighted by molar-refractivity contribution is 0.504. The topological polar surface area (TPSA) is 15.3 Å². The molecule has 1 rings (SSSR count). The number of benzene rings is 1. The Morgan fingerprint density at radius 2 is 1.95 bits per heavy atom. The number of nitrogens with zero attached hydrogens (tertiary/aromatic N) is 1. The third-order valence-electron chi connectivity index (χ3n) is 3.66. The van der Waals surface area contributed by atoms with Crippen LogP contribution in [0.1, 0.15) is 46.1 Å². The number of hydrogen-bond acceptors (Lipinski definition) is 2. The van der Waals surface area contributed by atoms with Gasteiger partial charge in [-0.1, -0.05) is 38.4 Å². The summed E-state index contributed by atoms with van der Waals surface area (Å²) in [5.74, 6) is 0.709. The molecule has 20 heavy (non-hydrogen) atoms. The van der Waals surface area contributed by atoms with Gasteiger partial charge in [-0.2, -0.15) is 0 Å². The number of rotatable bonds is 8. The largest absolute Gasteiger partial charge is 0.372 e. The maximum absolute atomic E-state index is 6.40. The summed E-state index contributed by atoms with van der Waals surface area (Å²) in [6.07, 6.45) is 2.33. The molecule has 0 aromatic heterocycles. The van der Waals surface area contributed by atoms with Crippen molar-refractivity contribution in [1.82, 2.24) is 5.32 Å². The number of halogens is 1. The lowest BCUT2D eigenvalue weighted by Gasteiger charge is -2.28. The molecule has 3 heteroatoms. The molecule has 0 saturated carbocycles. The van der Waals surface area contributed by atoms with Crippen molar-refractivity contribution in [3.63, 3.8) is 0 Å². The van der Waals surface area contributed by atoms with Gasteiger partial charge in [-0.15, -0.1) is 0 Å². The highest BCUT2D eigenvalue weighted by molar-refractivity contribution is 6.31. The second kappa shape index (κ2) is 8.53. The van der Waals surface area contributed by atoms with Crippen molar-refractivity contribution in [3.8, 4) is 0 Å². The van der Waals surface area contributed by atoms with Crippen LogP contribution in [0.3, 0.4) is 0 Å². The molecule has 0 aliphatic rings. The Labute approximate surface area is 129 Å². The Morgan fingerprint density at radius 1 is 1.25 bits per heavy atom. The zero-order chi connectivity index (χ0) is 15.1. The summed E-state index contributed by atoms with van der Waals surface area (Å²) < 4.78 is 0. The van der Waals surface area contributed by atoms with Crippen LogP contribution >= 0.6 is 11.6 Å². The van der Waals surface area contributed by atoms with Crippen molar-refractivity contribution in [2.45, 2.75) is 53.1 Å². The van der Waals surface area contributed by atoms with Crippen molar-refractivity contribution < 1.29 is 0 Å². The summed E-state index contributed by atoms with van der Waals surface area (Å²) >= 11 is 6.40. The molecular formula is C17H29ClN2. The van der Waals surface area contributed by atoms with Crippen LogP contribution in [0, 0.1) is 5.92 Å². The molecule has 0 aliphatic carbocycles. The standard InChI is InChI=1S/C17H29ClN2/c1-6-9-19-12-15-7-8-16(11-17(15)18)20(5)14(4)10-13(2)3/h7-8,11,13-14,19H,6,9-10,12H2,1-5H3. The molecule has 0 radical (unpaired) electrons. The lowest BCUT2D eigenvalue weighted by Crippen LogP contribution is -2.30. The Morgan fingerprint density at radius 3 is 2.50 bits per heavy atom. The average Bonchev–Trinajstić information content (AvgIpc) is 2.39. The molecule has 1 aromatic rings. The predicted octanol–water partition coefficient (Wildman–Crippen LogP) is 4.71. The van der Waals surface area contributed by atoms with Gasteiger partial charge < -0.3 is 10.2 Å². The molecule has 0 heterocycles. The first-order chi connectivity index (χ1) is 9.45. The SMILES string of the molecule is CCCNCc1ccc(N(C)C(C)CC(C)C)cc1Cl. The van der Waals surface area contributed by atoms with Gasteiger partial charge in [0.1, 0.15) is 0 Å². The number of nitrogens with one attached hydrogen (secondary N) is 1. The Balaban J connectivity index is 2.70. The third-order valence-corrected chi connectivity index (χ3v) is 4.01. The molecule has 0 spiro atoms. The van der Waals surface area contributed by atoms with E-state index in [0.717, 1.165) is 24.5 Å². The van der Waals surface area contributed by atoms with Crippen LogP contribution in [0.5, 0.6) is 0 Å². The minimum Gasteiger partial charge on any atom is -0.372 e. The van der Waals surface area contributed by atoms with Crippen molar-refractivity contribution in [3.05, 3.63) is 28.8 Å². The maximum Gasteiger partial charge on any atom is 0.0471 e. The van der Waals surface area contributed by atoms with Gasteiger partial charge in [0.05, 0.1) is 0 Å². The normalized spacial score (nSPS) is 12.8. The van der Waals surface area contributed by atoms with Gasteiger partial charge in [0.15, 0.2) is 0 Å². The molecule has 1 aromatic carbocycles. The first-order valence-corrected chi connectivity index (χ1v) is 8.05. The monoisotopic (exact) mass is 296 g/mol. The van der Waals surface area contributed by atoms with E-state index in [0.29, 0.717) is 12.0 Å². The Hall–Kier alpha value is -0.730. The molecule has 0 saturated heterocycles. The quantitative estimate of drug-likeness (QED) is 0.699. The summed E-state index contributed by atoms with van der Waals surface area (Å²) in [7, 11) is 2.15. The lowest BCUT2D eigenvalue weighted by atomic mass is 10.0. The van der Waals surface area contributed by atoms with Gasteiger partial charge in [-0.3, -0.25) is 0 Å². The molecule has 0 bridgehead atoms. The average molecular weight is 297 g/mol. The van der Waals surface area contributed by atoms with E-state index in [-0.39, 0.29) is 0 Å². The van der Waals surface area contributed by atoms with Crippen LogP contribution in [0.25, 0.3) is 0 Å². The number of hydrogen-bond donors (Lipinski definition) is 1. The fraction of sp³-hybridized carbons (Fsp3) is 0.647. The second-order valence-corrected chi connectivity index (χ2v) is 6.45. The molecule has 114 valence electrons. The van der Waals surface area contributed by atoms with Crippen LogP contribution in [-0.4, -0.2) is 19.6 Å². The highest BCUT2D eigenvalue weighted by Gasteiger charge is 2.13. The van der Waals surface area contributed by atoms with E-state index in [2.05, 4.69) is 63.2 Å². The van der Waals surface area contributed by atoms with Gasteiger partial charge in [0, 0.05) is 30.3 Å². The highest BCUT2D eigenvalue weighted by Crippen LogP contribution is 2.25. The van der Waals surface area contributed by atoms with Crippen LogP contribution < -0.4 is 10.2 Å². The molecule has 0 fully saturated rings. The zero-order valence-electron chi connectivity index (χ0n) is 13.5. The number of anilines is 1. The molecule has 0 aliphatic heterocycles. The van der Waals surface area contributed by atoms with Crippen molar-refractivity contribution in [2.75, 3.05) is 18.5 Å². The summed E-state index contributed by atoms with van der Waals surface area (Å²) in [5.41, 5.74) is 2.37. The maximum atomic E-state index is 6.40. The van der Waals surface area contributed by atoms with E-state index in [9.17, 15) is 0 Å². The van der Waals surface area contributed by atoms with E-state index < -0.39 is 0 Å². The summed E-state index contributed by atoms with van der Waals surface area (Å²) in [5, 5.41) is 4.25. The van der Waals surface area contributed by atoms with Crippen molar-refractivity contribution >= 4 is 17.3 Å². The summed E-state index contributed by atoms with van der Waals surface area (Å²) in [6, 6.07) is 6.92. The summed E-state index contributed by atoms with van der Waals surface area (Å²) in [6.45, 7) is 10.8. The fourth-order valence-electron chi connectivity index (χ4n) is 2.39. The first kappa shape index (κ1) is 17.3. The predicted molar refractivity (Wildman–Crippen MR) is 90.8 cm³/mol. The molecule has 1 unspecified atom stereocenters. The minimum atomic E-state index is 0.523.